The minimum absolute atomic E-state index is 0.149. The molecule has 1 unspecified atom stereocenters. The first-order chi connectivity index (χ1) is 15.8. The summed E-state index contributed by atoms with van der Waals surface area (Å²) in [6, 6.07) is 11.8. The third kappa shape index (κ3) is 7.03. The van der Waals surface area contributed by atoms with Crippen molar-refractivity contribution >= 4 is 5.97 Å². The maximum absolute atomic E-state index is 12.9. The Morgan fingerprint density at radius 2 is 1.79 bits per heavy atom. The Kier molecular flexibility index (Phi) is 10.4. The predicted molar refractivity (Wildman–Crippen MR) is 130 cm³/mol. The van der Waals surface area contributed by atoms with E-state index in [2.05, 4.69) is 30.1 Å². The molecule has 6 heteroatoms. The number of methoxy groups -OCH3 is 1. The maximum Gasteiger partial charge on any atom is 0.316 e. The van der Waals surface area contributed by atoms with Crippen LogP contribution in [-0.4, -0.2) is 54.9 Å². The van der Waals surface area contributed by atoms with E-state index in [0.29, 0.717) is 24.2 Å². The van der Waals surface area contributed by atoms with Gasteiger partial charge in [0.2, 0.25) is 0 Å². The molecule has 0 radical (unpaired) electrons. The van der Waals surface area contributed by atoms with E-state index in [-0.39, 0.29) is 19.2 Å². The SMILES string of the molecule is CCOC(=O)C(C)(CCCN(C)CCc1ccc(C)c(OC)c1)c1ccc(CO)c(CO)c1. The fourth-order valence-corrected chi connectivity index (χ4v) is 4.08. The second kappa shape index (κ2) is 12.7. The van der Waals surface area contributed by atoms with Gasteiger partial charge in [0.1, 0.15) is 5.75 Å². The van der Waals surface area contributed by atoms with Crippen molar-refractivity contribution in [2.24, 2.45) is 0 Å². The second-order valence-electron chi connectivity index (χ2n) is 8.81. The van der Waals surface area contributed by atoms with Gasteiger partial charge in [0.15, 0.2) is 0 Å². The molecule has 2 aromatic carbocycles. The van der Waals surface area contributed by atoms with E-state index in [1.807, 2.05) is 26.0 Å². The van der Waals surface area contributed by atoms with Gasteiger partial charge in [-0.15, -0.1) is 0 Å². The largest absolute Gasteiger partial charge is 0.496 e. The Balaban J connectivity index is 2.03. The summed E-state index contributed by atoms with van der Waals surface area (Å²) in [6.07, 6.45) is 2.36. The number of nitrogens with zero attached hydrogens (tertiary/aromatic N) is 1. The van der Waals surface area contributed by atoms with Crippen LogP contribution in [0.4, 0.5) is 0 Å². The number of carbonyl (C=O) groups excluding carboxylic acids is 1. The fraction of sp³-hybridized carbons (Fsp3) is 0.519. The van der Waals surface area contributed by atoms with Crippen LogP contribution in [0.25, 0.3) is 0 Å². The lowest BCUT2D eigenvalue weighted by Crippen LogP contribution is -2.36. The zero-order valence-corrected chi connectivity index (χ0v) is 20.7. The summed E-state index contributed by atoms with van der Waals surface area (Å²) in [5.41, 5.74) is 3.65. The molecular weight excluding hydrogens is 418 g/mol. The molecule has 0 aliphatic heterocycles. The van der Waals surface area contributed by atoms with Crippen LogP contribution in [0, 0.1) is 6.92 Å². The highest BCUT2D eigenvalue weighted by atomic mass is 16.5. The number of benzene rings is 2. The standard InChI is InChI=1S/C27H39NO5/c1-6-33-26(31)27(3,24-11-10-22(18-29)23(17-24)19-30)13-7-14-28(4)15-12-21-9-8-20(2)25(16-21)32-5/h8-11,16-17,29-30H,6-7,12-15,18-19H2,1-5H3. The number of hydrogen-bond donors (Lipinski definition) is 2. The number of aryl methyl sites for hydroxylation is 1. The average Bonchev–Trinajstić information content (AvgIpc) is 2.82. The number of hydrogen-bond acceptors (Lipinski definition) is 6. The third-order valence-corrected chi connectivity index (χ3v) is 6.38. The Labute approximate surface area is 198 Å². The molecule has 33 heavy (non-hydrogen) atoms. The number of aliphatic hydroxyl groups is 2. The van der Waals surface area contributed by atoms with E-state index >= 15 is 0 Å². The summed E-state index contributed by atoms with van der Waals surface area (Å²) in [7, 11) is 3.78. The number of esters is 1. The molecule has 0 heterocycles. The van der Waals surface area contributed by atoms with Crippen LogP contribution in [0.5, 0.6) is 5.75 Å². The van der Waals surface area contributed by atoms with E-state index in [1.165, 1.54) is 5.56 Å². The molecule has 0 aliphatic carbocycles. The molecule has 6 nitrogen and oxygen atoms in total. The monoisotopic (exact) mass is 457 g/mol. The lowest BCUT2D eigenvalue weighted by molar-refractivity contribution is -0.149. The van der Waals surface area contributed by atoms with Gasteiger partial charge in [-0.2, -0.15) is 0 Å². The predicted octanol–water partition coefficient (Wildman–Crippen LogP) is 3.76. The molecule has 2 rings (SSSR count). The van der Waals surface area contributed by atoms with E-state index in [1.54, 1.807) is 20.1 Å². The fourth-order valence-electron chi connectivity index (χ4n) is 4.08. The highest BCUT2D eigenvalue weighted by molar-refractivity contribution is 5.82. The van der Waals surface area contributed by atoms with Crippen molar-refractivity contribution in [3.63, 3.8) is 0 Å². The van der Waals surface area contributed by atoms with Crippen LogP contribution in [-0.2, 0) is 34.6 Å². The van der Waals surface area contributed by atoms with Gasteiger partial charge in [-0.25, -0.2) is 0 Å². The van der Waals surface area contributed by atoms with Gasteiger partial charge in [0.25, 0.3) is 0 Å². The zero-order chi connectivity index (χ0) is 24.4. The van der Waals surface area contributed by atoms with Gasteiger partial charge >= 0.3 is 5.97 Å². The summed E-state index contributed by atoms with van der Waals surface area (Å²) in [6.45, 7) is 7.48. The molecule has 0 fully saturated rings. The number of carbonyl (C=O) groups is 1. The highest BCUT2D eigenvalue weighted by Crippen LogP contribution is 2.32. The lowest BCUT2D eigenvalue weighted by Gasteiger charge is -2.29. The van der Waals surface area contributed by atoms with Crippen LogP contribution < -0.4 is 4.74 Å². The van der Waals surface area contributed by atoms with E-state index in [0.717, 1.165) is 42.8 Å². The van der Waals surface area contributed by atoms with Gasteiger partial charge in [-0.05, 0) is 87.5 Å². The molecule has 0 spiro atoms. The van der Waals surface area contributed by atoms with Gasteiger partial charge in [0.05, 0.1) is 32.3 Å². The molecule has 0 amide bonds. The molecule has 0 aromatic heterocycles. The Morgan fingerprint density at radius 3 is 2.42 bits per heavy atom. The van der Waals surface area contributed by atoms with Gasteiger partial charge in [-0.1, -0.05) is 30.3 Å². The molecule has 0 aliphatic rings. The number of rotatable bonds is 13. The number of aliphatic hydroxyl groups excluding tert-OH is 2. The van der Waals surface area contributed by atoms with Crippen LogP contribution in [0.1, 0.15) is 54.5 Å². The lowest BCUT2D eigenvalue weighted by atomic mass is 9.77. The summed E-state index contributed by atoms with van der Waals surface area (Å²) in [5, 5.41) is 19.2. The maximum atomic E-state index is 12.9. The smallest absolute Gasteiger partial charge is 0.316 e. The molecular formula is C27H39NO5. The first-order valence-corrected chi connectivity index (χ1v) is 11.6. The molecule has 1 atom stereocenters. The third-order valence-electron chi connectivity index (χ3n) is 6.38. The Bertz CT molecular complexity index is 913. The van der Waals surface area contributed by atoms with E-state index < -0.39 is 5.41 Å². The normalized spacial score (nSPS) is 13.1. The van der Waals surface area contributed by atoms with Crippen LogP contribution in [0.3, 0.4) is 0 Å². The number of ether oxygens (including phenoxy) is 2. The molecule has 2 N–H and O–H groups in total. The minimum atomic E-state index is -0.820. The second-order valence-corrected chi connectivity index (χ2v) is 8.81. The van der Waals surface area contributed by atoms with Gasteiger partial charge in [-0.3, -0.25) is 4.79 Å². The molecule has 0 saturated carbocycles. The van der Waals surface area contributed by atoms with Crippen molar-refractivity contribution in [3.8, 4) is 5.75 Å². The topological polar surface area (TPSA) is 79.2 Å². The van der Waals surface area contributed by atoms with Crippen LogP contribution in [0.15, 0.2) is 36.4 Å². The quantitative estimate of drug-likeness (QED) is 0.446. The van der Waals surface area contributed by atoms with Gasteiger partial charge in [0, 0.05) is 6.54 Å². The summed E-state index contributed by atoms with van der Waals surface area (Å²) in [5.74, 6) is 0.648. The number of likely N-dealkylation sites (N-methyl/N-ethyl adjacent to an activating group) is 1. The minimum Gasteiger partial charge on any atom is -0.496 e. The van der Waals surface area contributed by atoms with Crippen molar-refractivity contribution in [1.82, 2.24) is 4.90 Å². The van der Waals surface area contributed by atoms with Crippen molar-refractivity contribution < 1.29 is 24.5 Å². The zero-order valence-electron chi connectivity index (χ0n) is 20.7. The van der Waals surface area contributed by atoms with Crippen molar-refractivity contribution in [3.05, 3.63) is 64.2 Å². The van der Waals surface area contributed by atoms with E-state index in [9.17, 15) is 15.0 Å². The molecule has 2 aromatic rings. The molecule has 182 valence electrons. The van der Waals surface area contributed by atoms with Crippen molar-refractivity contribution in [2.45, 2.75) is 58.7 Å². The first kappa shape index (κ1) is 26.8. The van der Waals surface area contributed by atoms with Crippen LogP contribution >= 0.6 is 0 Å². The van der Waals surface area contributed by atoms with E-state index in [4.69, 9.17) is 9.47 Å². The molecule has 0 bridgehead atoms. The van der Waals surface area contributed by atoms with Crippen molar-refractivity contribution in [2.75, 3.05) is 33.9 Å². The summed E-state index contributed by atoms with van der Waals surface area (Å²) < 4.78 is 10.8. The average molecular weight is 458 g/mol. The summed E-state index contributed by atoms with van der Waals surface area (Å²) in [4.78, 5) is 15.2. The van der Waals surface area contributed by atoms with Gasteiger partial charge < -0.3 is 24.6 Å². The van der Waals surface area contributed by atoms with Crippen molar-refractivity contribution in [1.29, 1.82) is 0 Å². The Hall–Kier alpha value is -2.41. The molecule has 0 saturated heterocycles. The van der Waals surface area contributed by atoms with Crippen LogP contribution in [0.2, 0.25) is 0 Å². The highest BCUT2D eigenvalue weighted by Gasteiger charge is 2.36. The first-order valence-electron chi connectivity index (χ1n) is 11.6. The summed E-state index contributed by atoms with van der Waals surface area (Å²) >= 11 is 0. The Morgan fingerprint density at radius 1 is 1.06 bits per heavy atom.